The maximum absolute atomic E-state index is 12.1. The van der Waals surface area contributed by atoms with Gasteiger partial charge in [0.25, 0.3) is 5.91 Å². The second-order valence-corrected chi connectivity index (χ2v) is 6.68. The molecule has 132 valence electrons. The zero-order chi connectivity index (χ0) is 18.4. The summed E-state index contributed by atoms with van der Waals surface area (Å²) in [7, 11) is 3.09. The van der Waals surface area contributed by atoms with Crippen LogP contribution in [0.3, 0.4) is 0 Å². The number of hydrogen-bond acceptors (Lipinski definition) is 4. The summed E-state index contributed by atoms with van der Waals surface area (Å²) in [6.45, 7) is 0.330. The molecule has 2 aromatic carbocycles. The molecule has 2 rings (SSSR count). The summed E-state index contributed by atoms with van der Waals surface area (Å²) >= 11 is 14.7. The number of thiocarbonyl (C=S) groups is 1. The summed E-state index contributed by atoms with van der Waals surface area (Å²) in [4.78, 5) is 12.1. The molecule has 0 aromatic heterocycles. The molecule has 1 amide bonds. The lowest BCUT2D eigenvalue weighted by molar-refractivity contribution is 0.0976. The zero-order valence-electron chi connectivity index (χ0n) is 13.6. The number of carbonyl (C=O) groups excluding carboxylic acids is 1. The van der Waals surface area contributed by atoms with Crippen LogP contribution < -0.4 is 20.1 Å². The third kappa shape index (κ3) is 5.32. The summed E-state index contributed by atoms with van der Waals surface area (Å²) in [6, 6.07) is 10.5. The van der Waals surface area contributed by atoms with Crippen LogP contribution in [0.5, 0.6) is 11.5 Å². The molecule has 0 aliphatic rings. The van der Waals surface area contributed by atoms with E-state index in [0.29, 0.717) is 28.6 Å². The van der Waals surface area contributed by atoms with Gasteiger partial charge in [0, 0.05) is 27.7 Å². The number of carbonyl (C=O) groups is 1. The molecule has 0 atom stereocenters. The minimum Gasteiger partial charge on any atom is -0.493 e. The van der Waals surface area contributed by atoms with Crippen molar-refractivity contribution in [3.8, 4) is 11.5 Å². The average molecular weight is 444 g/mol. The maximum Gasteiger partial charge on any atom is 0.257 e. The Balaban J connectivity index is 1.99. The van der Waals surface area contributed by atoms with Gasteiger partial charge >= 0.3 is 0 Å². The van der Waals surface area contributed by atoms with Gasteiger partial charge in [0.1, 0.15) is 0 Å². The van der Waals surface area contributed by atoms with Crippen LogP contribution in [0.15, 0.2) is 40.9 Å². The summed E-state index contributed by atoms with van der Waals surface area (Å²) < 4.78 is 11.3. The predicted molar refractivity (Wildman–Crippen MR) is 106 cm³/mol. The van der Waals surface area contributed by atoms with Crippen molar-refractivity contribution in [2.24, 2.45) is 0 Å². The largest absolute Gasteiger partial charge is 0.493 e. The van der Waals surface area contributed by atoms with Crippen molar-refractivity contribution < 1.29 is 14.3 Å². The monoisotopic (exact) mass is 442 g/mol. The fourth-order valence-electron chi connectivity index (χ4n) is 2.06. The van der Waals surface area contributed by atoms with Gasteiger partial charge in [-0.3, -0.25) is 10.1 Å². The van der Waals surface area contributed by atoms with E-state index in [0.717, 1.165) is 10.0 Å². The summed E-state index contributed by atoms with van der Waals surface area (Å²) in [6.07, 6.45) is 0. The van der Waals surface area contributed by atoms with Crippen LogP contribution in [0.25, 0.3) is 0 Å². The number of amides is 1. The van der Waals surface area contributed by atoms with Gasteiger partial charge in [-0.2, -0.15) is 0 Å². The van der Waals surface area contributed by atoms with Crippen molar-refractivity contribution in [1.29, 1.82) is 0 Å². The topological polar surface area (TPSA) is 59.6 Å². The van der Waals surface area contributed by atoms with Crippen molar-refractivity contribution >= 4 is 50.8 Å². The number of ether oxygens (including phenoxy) is 2. The molecule has 0 saturated heterocycles. The van der Waals surface area contributed by atoms with Crippen molar-refractivity contribution in [2.75, 3.05) is 14.2 Å². The van der Waals surface area contributed by atoms with Gasteiger partial charge in [0.15, 0.2) is 16.6 Å². The Morgan fingerprint density at radius 1 is 1.20 bits per heavy atom. The Kier molecular flexibility index (Phi) is 7.04. The molecule has 0 heterocycles. The molecule has 0 bridgehead atoms. The van der Waals surface area contributed by atoms with E-state index in [9.17, 15) is 4.79 Å². The van der Waals surface area contributed by atoms with Crippen molar-refractivity contribution in [3.05, 3.63) is 57.0 Å². The van der Waals surface area contributed by atoms with E-state index in [1.54, 1.807) is 44.6 Å². The van der Waals surface area contributed by atoms with Crippen molar-refractivity contribution in [1.82, 2.24) is 10.6 Å². The lowest BCUT2D eigenvalue weighted by atomic mass is 10.2. The van der Waals surface area contributed by atoms with Gasteiger partial charge in [-0.15, -0.1) is 0 Å². The SMILES string of the molecule is COc1cc(Cl)c(CNC(=S)NC(=O)c2cccc(Br)c2)cc1OC. The molecule has 0 spiro atoms. The van der Waals surface area contributed by atoms with Crippen molar-refractivity contribution in [3.63, 3.8) is 0 Å². The summed E-state index contributed by atoms with van der Waals surface area (Å²) in [5.74, 6) is 0.812. The van der Waals surface area contributed by atoms with Crippen LogP contribution in [0, 0.1) is 0 Å². The van der Waals surface area contributed by atoms with E-state index in [1.807, 2.05) is 6.07 Å². The van der Waals surface area contributed by atoms with E-state index in [-0.39, 0.29) is 11.0 Å². The van der Waals surface area contributed by atoms with Gasteiger partial charge in [0.05, 0.1) is 14.2 Å². The van der Waals surface area contributed by atoms with Gasteiger partial charge in [-0.1, -0.05) is 33.6 Å². The Labute approximate surface area is 164 Å². The Bertz CT molecular complexity index is 801. The average Bonchev–Trinajstić information content (AvgIpc) is 2.60. The van der Waals surface area contributed by atoms with Crippen LogP contribution in [-0.2, 0) is 6.54 Å². The standard InChI is InChI=1S/C17H16BrClN2O3S/c1-23-14-7-11(13(19)8-15(14)24-2)9-20-17(25)21-16(22)10-4-3-5-12(18)6-10/h3-8H,9H2,1-2H3,(H2,20,21,22,25). The predicted octanol–water partition coefficient (Wildman–Crippen LogP) is 3.92. The van der Waals surface area contributed by atoms with Crippen LogP contribution in [-0.4, -0.2) is 25.2 Å². The first-order chi connectivity index (χ1) is 11.9. The second-order valence-electron chi connectivity index (χ2n) is 4.95. The molecule has 0 unspecified atom stereocenters. The zero-order valence-corrected chi connectivity index (χ0v) is 16.7. The van der Waals surface area contributed by atoms with E-state index >= 15 is 0 Å². The molecule has 0 saturated carbocycles. The molecule has 2 aromatic rings. The number of hydrogen-bond donors (Lipinski definition) is 2. The molecule has 8 heteroatoms. The van der Waals surface area contributed by atoms with Gasteiger partial charge in [-0.25, -0.2) is 0 Å². The van der Waals surface area contributed by atoms with E-state index < -0.39 is 0 Å². The fraction of sp³-hybridized carbons (Fsp3) is 0.176. The third-order valence-electron chi connectivity index (χ3n) is 3.31. The molecule has 0 aliphatic heterocycles. The molecule has 0 fully saturated rings. The van der Waals surface area contributed by atoms with Crippen LogP contribution in [0.4, 0.5) is 0 Å². The summed E-state index contributed by atoms with van der Waals surface area (Å²) in [5, 5.41) is 6.29. The van der Waals surface area contributed by atoms with Crippen LogP contribution in [0.2, 0.25) is 5.02 Å². The first-order valence-corrected chi connectivity index (χ1v) is 8.77. The van der Waals surface area contributed by atoms with E-state index in [2.05, 4.69) is 26.6 Å². The highest BCUT2D eigenvalue weighted by molar-refractivity contribution is 9.10. The number of nitrogens with one attached hydrogen (secondary N) is 2. The van der Waals surface area contributed by atoms with Gasteiger partial charge in [0.2, 0.25) is 0 Å². The quantitative estimate of drug-likeness (QED) is 0.686. The second kappa shape index (κ2) is 9.03. The molecule has 0 aliphatic carbocycles. The normalized spacial score (nSPS) is 10.1. The Morgan fingerprint density at radius 2 is 1.88 bits per heavy atom. The highest BCUT2D eigenvalue weighted by Crippen LogP contribution is 2.32. The number of rotatable bonds is 5. The van der Waals surface area contributed by atoms with Gasteiger partial charge in [-0.05, 0) is 42.0 Å². The molecule has 5 nitrogen and oxygen atoms in total. The minimum absolute atomic E-state index is 0.204. The van der Waals surface area contributed by atoms with Crippen molar-refractivity contribution in [2.45, 2.75) is 6.54 Å². The fourth-order valence-corrected chi connectivity index (χ4v) is 2.84. The number of methoxy groups -OCH3 is 2. The molecule has 25 heavy (non-hydrogen) atoms. The minimum atomic E-state index is -0.294. The van der Waals surface area contributed by atoms with E-state index in [4.69, 9.17) is 33.3 Å². The smallest absolute Gasteiger partial charge is 0.257 e. The highest BCUT2D eigenvalue weighted by Gasteiger charge is 2.12. The van der Waals surface area contributed by atoms with Crippen LogP contribution in [0.1, 0.15) is 15.9 Å². The molecular weight excluding hydrogens is 428 g/mol. The number of halogens is 2. The Hall–Kier alpha value is -1.83. The lowest BCUT2D eigenvalue weighted by Crippen LogP contribution is -2.38. The molecule has 0 radical (unpaired) electrons. The highest BCUT2D eigenvalue weighted by atomic mass is 79.9. The Morgan fingerprint density at radius 3 is 2.52 bits per heavy atom. The van der Waals surface area contributed by atoms with Gasteiger partial charge < -0.3 is 14.8 Å². The molecule has 2 N–H and O–H groups in total. The number of benzene rings is 2. The first-order valence-electron chi connectivity index (χ1n) is 7.19. The molecular formula is C17H16BrClN2O3S. The van der Waals surface area contributed by atoms with Crippen LogP contribution >= 0.6 is 39.7 Å². The third-order valence-corrected chi connectivity index (χ3v) is 4.40. The first kappa shape index (κ1) is 19.5. The lowest BCUT2D eigenvalue weighted by Gasteiger charge is -2.13. The van der Waals surface area contributed by atoms with E-state index in [1.165, 1.54) is 0 Å². The summed E-state index contributed by atoms with van der Waals surface area (Å²) in [5.41, 5.74) is 1.26. The maximum atomic E-state index is 12.1.